The SMILES string of the molecule is C[C@@]1(CN)CCCOC1. The third-order valence-electron chi connectivity index (χ3n) is 2.01. The quantitative estimate of drug-likeness (QED) is 0.567. The fourth-order valence-electron chi connectivity index (χ4n) is 1.15. The van der Waals surface area contributed by atoms with Crippen molar-refractivity contribution in [2.75, 3.05) is 19.8 Å². The summed E-state index contributed by atoms with van der Waals surface area (Å²) >= 11 is 0. The highest BCUT2D eigenvalue weighted by Gasteiger charge is 2.25. The molecule has 0 aliphatic carbocycles. The molecule has 0 unspecified atom stereocenters. The summed E-state index contributed by atoms with van der Waals surface area (Å²) in [6, 6.07) is 0. The first-order chi connectivity index (χ1) is 4.27. The zero-order valence-electron chi connectivity index (χ0n) is 6.02. The minimum Gasteiger partial charge on any atom is -0.381 e. The summed E-state index contributed by atoms with van der Waals surface area (Å²) in [4.78, 5) is 0. The maximum atomic E-state index is 5.56. The molecular formula is C7H15NO. The first kappa shape index (κ1) is 7.03. The van der Waals surface area contributed by atoms with E-state index in [1.54, 1.807) is 0 Å². The van der Waals surface area contributed by atoms with Crippen molar-refractivity contribution >= 4 is 0 Å². The third kappa shape index (κ3) is 1.66. The second-order valence-corrected chi connectivity index (χ2v) is 3.17. The summed E-state index contributed by atoms with van der Waals surface area (Å²) in [6.45, 7) is 4.72. The third-order valence-corrected chi connectivity index (χ3v) is 2.01. The van der Waals surface area contributed by atoms with E-state index in [-0.39, 0.29) is 5.41 Å². The van der Waals surface area contributed by atoms with Crippen molar-refractivity contribution in [3.8, 4) is 0 Å². The van der Waals surface area contributed by atoms with Gasteiger partial charge in [-0.05, 0) is 19.4 Å². The van der Waals surface area contributed by atoms with E-state index in [2.05, 4.69) is 6.92 Å². The maximum absolute atomic E-state index is 5.56. The van der Waals surface area contributed by atoms with Crippen LogP contribution >= 0.6 is 0 Å². The fourth-order valence-corrected chi connectivity index (χ4v) is 1.15. The van der Waals surface area contributed by atoms with E-state index in [9.17, 15) is 0 Å². The highest BCUT2D eigenvalue weighted by atomic mass is 16.5. The van der Waals surface area contributed by atoms with Crippen molar-refractivity contribution in [2.24, 2.45) is 11.1 Å². The Morgan fingerprint density at radius 3 is 2.78 bits per heavy atom. The van der Waals surface area contributed by atoms with Crippen LogP contribution in [-0.2, 0) is 4.74 Å². The lowest BCUT2D eigenvalue weighted by molar-refractivity contribution is 0.00750. The molecule has 0 aromatic heterocycles. The lowest BCUT2D eigenvalue weighted by Crippen LogP contribution is -2.35. The predicted octanol–water partition coefficient (Wildman–Crippen LogP) is 0.762. The second-order valence-electron chi connectivity index (χ2n) is 3.17. The first-order valence-corrected chi connectivity index (χ1v) is 3.55. The zero-order valence-corrected chi connectivity index (χ0v) is 6.02. The molecule has 0 aromatic carbocycles. The van der Waals surface area contributed by atoms with Crippen LogP contribution in [0.15, 0.2) is 0 Å². The zero-order chi connectivity index (χ0) is 6.74. The summed E-state index contributed by atoms with van der Waals surface area (Å²) < 4.78 is 5.30. The number of rotatable bonds is 1. The lowest BCUT2D eigenvalue weighted by atomic mass is 9.85. The van der Waals surface area contributed by atoms with Crippen LogP contribution in [0.5, 0.6) is 0 Å². The smallest absolute Gasteiger partial charge is 0.0531 e. The van der Waals surface area contributed by atoms with E-state index in [1.165, 1.54) is 12.8 Å². The number of hydrogen-bond donors (Lipinski definition) is 1. The van der Waals surface area contributed by atoms with E-state index in [1.807, 2.05) is 0 Å². The molecule has 2 N–H and O–H groups in total. The minimum absolute atomic E-state index is 0.276. The Morgan fingerprint density at radius 1 is 1.67 bits per heavy atom. The second kappa shape index (κ2) is 2.67. The average Bonchev–Trinajstić information content (AvgIpc) is 1.90. The van der Waals surface area contributed by atoms with Gasteiger partial charge in [-0.1, -0.05) is 6.92 Å². The Labute approximate surface area is 56.4 Å². The minimum atomic E-state index is 0.276. The van der Waals surface area contributed by atoms with Gasteiger partial charge in [0.1, 0.15) is 0 Å². The summed E-state index contributed by atoms with van der Waals surface area (Å²) in [5, 5.41) is 0. The Kier molecular flexibility index (Phi) is 2.09. The predicted molar refractivity (Wildman–Crippen MR) is 37.2 cm³/mol. The van der Waals surface area contributed by atoms with Crippen molar-refractivity contribution in [1.82, 2.24) is 0 Å². The molecule has 1 aliphatic heterocycles. The van der Waals surface area contributed by atoms with Gasteiger partial charge < -0.3 is 10.5 Å². The van der Waals surface area contributed by atoms with E-state index in [0.717, 1.165) is 19.8 Å². The molecule has 1 atom stereocenters. The van der Waals surface area contributed by atoms with Crippen LogP contribution in [0, 0.1) is 5.41 Å². The van der Waals surface area contributed by atoms with Crippen molar-refractivity contribution in [3.63, 3.8) is 0 Å². The fraction of sp³-hybridized carbons (Fsp3) is 1.00. The van der Waals surface area contributed by atoms with Gasteiger partial charge in [-0.25, -0.2) is 0 Å². The van der Waals surface area contributed by atoms with Crippen LogP contribution in [-0.4, -0.2) is 19.8 Å². The molecular weight excluding hydrogens is 114 g/mol. The van der Waals surface area contributed by atoms with Crippen LogP contribution in [0.25, 0.3) is 0 Å². The van der Waals surface area contributed by atoms with E-state index >= 15 is 0 Å². The standard InChI is InChI=1S/C7H15NO/c1-7(5-8)3-2-4-9-6-7/h2-6,8H2,1H3/t7-/m0/s1. The molecule has 1 aliphatic rings. The molecule has 0 saturated carbocycles. The summed E-state index contributed by atoms with van der Waals surface area (Å²) in [7, 11) is 0. The van der Waals surface area contributed by atoms with Gasteiger partial charge in [0.05, 0.1) is 6.61 Å². The van der Waals surface area contributed by atoms with Gasteiger partial charge >= 0.3 is 0 Å². The molecule has 0 bridgehead atoms. The van der Waals surface area contributed by atoms with Crippen LogP contribution < -0.4 is 5.73 Å². The lowest BCUT2D eigenvalue weighted by Gasteiger charge is -2.31. The average molecular weight is 129 g/mol. The van der Waals surface area contributed by atoms with E-state index in [4.69, 9.17) is 10.5 Å². The molecule has 0 aromatic rings. The van der Waals surface area contributed by atoms with Gasteiger partial charge in [0.25, 0.3) is 0 Å². The molecule has 0 spiro atoms. The molecule has 1 saturated heterocycles. The highest BCUT2D eigenvalue weighted by molar-refractivity contribution is 4.77. The van der Waals surface area contributed by atoms with Crippen LogP contribution in [0.4, 0.5) is 0 Å². The van der Waals surface area contributed by atoms with Crippen LogP contribution in [0.3, 0.4) is 0 Å². The Bertz CT molecular complexity index is 86.9. The summed E-state index contributed by atoms with van der Waals surface area (Å²) in [6.07, 6.45) is 2.40. The van der Waals surface area contributed by atoms with E-state index < -0.39 is 0 Å². The Hall–Kier alpha value is -0.0800. The van der Waals surface area contributed by atoms with Crippen molar-refractivity contribution in [1.29, 1.82) is 0 Å². The topological polar surface area (TPSA) is 35.2 Å². The largest absolute Gasteiger partial charge is 0.381 e. The maximum Gasteiger partial charge on any atom is 0.0531 e. The molecule has 54 valence electrons. The van der Waals surface area contributed by atoms with Crippen molar-refractivity contribution in [2.45, 2.75) is 19.8 Å². The molecule has 2 nitrogen and oxygen atoms in total. The molecule has 1 heterocycles. The van der Waals surface area contributed by atoms with Crippen molar-refractivity contribution in [3.05, 3.63) is 0 Å². The van der Waals surface area contributed by atoms with Gasteiger partial charge in [0, 0.05) is 12.0 Å². The molecule has 0 amide bonds. The Morgan fingerprint density at radius 2 is 2.44 bits per heavy atom. The monoisotopic (exact) mass is 129 g/mol. The number of ether oxygens (including phenoxy) is 1. The summed E-state index contributed by atoms with van der Waals surface area (Å²) in [5.41, 5.74) is 5.83. The first-order valence-electron chi connectivity index (χ1n) is 3.55. The van der Waals surface area contributed by atoms with E-state index in [0.29, 0.717) is 0 Å². The van der Waals surface area contributed by atoms with Gasteiger partial charge in [-0.2, -0.15) is 0 Å². The molecule has 0 radical (unpaired) electrons. The number of hydrogen-bond acceptors (Lipinski definition) is 2. The van der Waals surface area contributed by atoms with Gasteiger partial charge in [0.15, 0.2) is 0 Å². The highest BCUT2D eigenvalue weighted by Crippen LogP contribution is 2.25. The molecule has 9 heavy (non-hydrogen) atoms. The molecule has 1 fully saturated rings. The number of nitrogens with two attached hydrogens (primary N) is 1. The molecule has 2 heteroatoms. The molecule has 1 rings (SSSR count). The Balaban J connectivity index is 2.37. The summed E-state index contributed by atoms with van der Waals surface area (Å²) in [5.74, 6) is 0. The van der Waals surface area contributed by atoms with Crippen LogP contribution in [0.1, 0.15) is 19.8 Å². The van der Waals surface area contributed by atoms with Crippen LogP contribution in [0.2, 0.25) is 0 Å². The van der Waals surface area contributed by atoms with Gasteiger partial charge in [0.2, 0.25) is 0 Å². The normalized spacial score (nSPS) is 36.7. The van der Waals surface area contributed by atoms with Crippen molar-refractivity contribution < 1.29 is 4.74 Å². The van der Waals surface area contributed by atoms with Gasteiger partial charge in [-0.15, -0.1) is 0 Å². The van der Waals surface area contributed by atoms with Gasteiger partial charge in [-0.3, -0.25) is 0 Å².